The molecule has 0 saturated carbocycles. The molecule has 2 aromatic carbocycles. The number of nitrogens with two attached hydrogens (primary N) is 1. The van der Waals surface area contributed by atoms with Crippen LogP contribution in [0.15, 0.2) is 95.1 Å². The number of rotatable bonds is 6. The monoisotopic (exact) mass is 381 g/mol. The van der Waals surface area contributed by atoms with Gasteiger partial charge in [-0.2, -0.15) is 0 Å². The second kappa shape index (κ2) is 9.16. The summed E-state index contributed by atoms with van der Waals surface area (Å²) in [5.74, 6) is 0. The molecule has 0 aromatic heterocycles. The van der Waals surface area contributed by atoms with Gasteiger partial charge in [-0.15, -0.1) is 0 Å². The largest absolute Gasteiger partial charge is 0.399 e. The Bertz CT molecular complexity index is 1060. The number of benzene rings is 2. The van der Waals surface area contributed by atoms with Crippen molar-refractivity contribution in [3.8, 4) is 0 Å². The highest BCUT2D eigenvalue weighted by Crippen LogP contribution is 2.29. The maximum absolute atomic E-state index is 5.80. The van der Waals surface area contributed by atoms with Crippen molar-refractivity contribution in [1.82, 2.24) is 0 Å². The number of aliphatic imine (C=N–C) groups is 2. The molecule has 3 nitrogen and oxygen atoms in total. The summed E-state index contributed by atoms with van der Waals surface area (Å²) in [5, 5.41) is 0. The van der Waals surface area contributed by atoms with Crippen LogP contribution in [-0.4, -0.2) is 11.4 Å². The van der Waals surface area contributed by atoms with E-state index in [1.54, 1.807) is 6.08 Å². The highest BCUT2D eigenvalue weighted by atomic mass is 14.8. The van der Waals surface area contributed by atoms with Crippen LogP contribution in [0.1, 0.15) is 37.0 Å². The van der Waals surface area contributed by atoms with Crippen molar-refractivity contribution in [2.75, 3.05) is 5.73 Å². The van der Waals surface area contributed by atoms with Gasteiger partial charge in [0.25, 0.3) is 0 Å². The molecule has 3 heteroatoms. The lowest BCUT2D eigenvalue weighted by Crippen LogP contribution is -1.99. The number of nitrogen functional groups attached to an aromatic ring is 1. The third-order valence-electron chi connectivity index (χ3n) is 4.99. The highest BCUT2D eigenvalue weighted by Gasteiger charge is 2.15. The molecule has 2 N–H and O–H groups in total. The molecule has 0 atom stereocenters. The summed E-state index contributed by atoms with van der Waals surface area (Å²) in [6.45, 7) is 9.86. The van der Waals surface area contributed by atoms with Crippen LogP contribution in [-0.2, 0) is 0 Å². The maximum Gasteiger partial charge on any atom is 0.0668 e. The summed E-state index contributed by atoms with van der Waals surface area (Å²) in [4.78, 5) is 9.55. The summed E-state index contributed by atoms with van der Waals surface area (Å²) in [6.07, 6.45) is 10.5. The van der Waals surface area contributed by atoms with E-state index in [-0.39, 0.29) is 0 Å². The van der Waals surface area contributed by atoms with E-state index in [1.807, 2.05) is 56.5 Å². The Morgan fingerprint density at radius 1 is 1.14 bits per heavy atom. The fourth-order valence-electron chi connectivity index (χ4n) is 3.23. The molecule has 0 saturated heterocycles. The van der Waals surface area contributed by atoms with Gasteiger partial charge in [0.1, 0.15) is 0 Å². The average Bonchev–Trinajstić information content (AvgIpc) is 3.21. The van der Waals surface area contributed by atoms with Gasteiger partial charge < -0.3 is 5.73 Å². The number of hydrogen-bond acceptors (Lipinski definition) is 3. The van der Waals surface area contributed by atoms with E-state index in [1.165, 1.54) is 5.57 Å². The van der Waals surface area contributed by atoms with Crippen molar-refractivity contribution in [2.45, 2.75) is 27.2 Å². The Morgan fingerprint density at radius 2 is 1.86 bits per heavy atom. The first-order chi connectivity index (χ1) is 14.0. The summed E-state index contributed by atoms with van der Waals surface area (Å²) in [5.41, 5.74) is 15.3. The standard InChI is InChI=1S/C26H27N3/c1-5-7-8-20(6-2)19(4)29-25-15-22(10-9-18(25)3)26-16-23(17-28-26)21-11-13-24(27)14-12-21/h5-15,17H,1,16,27H2,2-4H3/b8-7-,20-6+,29-19?. The van der Waals surface area contributed by atoms with Crippen LogP contribution in [0, 0.1) is 6.92 Å². The number of allylic oxidation sites excluding steroid dienone is 6. The van der Waals surface area contributed by atoms with Gasteiger partial charge in [-0.3, -0.25) is 9.98 Å². The molecule has 0 unspecified atom stereocenters. The maximum atomic E-state index is 5.80. The molecular weight excluding hydrogens is 354 g/mol. The molecular formula is C26H27N3. The molecule has 0 aliphatic carbocycles. The fourth-order valence-corrected chi connectivity index (χ4v) is 3.23. The third kappa shape index (κ3) is 4.88. The summed E-state index contributed by atoms with van der Waals surface area (Å²) in [6, 6.07) is 14.3. The van der Waals surface area contributed by atoms with Crippen LogP contribution in [0.3, 0.4) is 0 Å². The zero-order chi connectivity index (χ0) is 20.8. The first kappa shape index (κ1) is 20.3. The molecule has 1 heterocycles. The second-order valence-electron chi connectivity index (χ2n) is 7.07. The minimum absolute atomic E-state index is 0.772. The first-order valence-electron chi connectivity index (χ1n) is 9.75. The van der Waals surface area contributed by atoms with Gasteiger partial charge in [0.05, 0.1) is 11.4 Å². The molecule has 1 aliphatic heterocycles. The lowest BCUT2D eigenvalue weighted by atomic mass is 9.98. The first-order valence-corrected chi connectivity index (χ1v) is 9.75. The van der Waals surface area contributed by atoms with Crippen LogP contribution in [0.5, 0.6) is 0 Å². The lowest BCUT2D eigenvalue weighted by Gasteiger charge is -2.09. The molecule has 146 valence electrons. The predicted octanol–water partition coefficient (Wildman–Crippen LogP) is 6.59. The minimum Gasteiger partial charge on any atom is -0.399 e. The fraction of sp³-hybridized carbons (Fsp3) is 0.154. The summed E-state index contributed by atoms with van der Waals surface area (Å²) < 4.78 is 0. The molecule has 2 aromatic rings. The molecule has 0 amide bonds. The predicted molar refractivity (Wildman–Crippen MR) is 127 cm³/mol. The van der Waals surface area contributed by atoms with Gasteiger partial charge in [0.2, 0.25) is 0 Å². The van der Waals surface area contributed by atoms with E-state index in [0.717, 1.165) is 51.5 Å². The molecule has 29 heavy (non-hydrogen) atoms. The zero-order valence-electron chi connectivity index (χ0n) is 17.3. The Labute approximate surface area is 173 Å². The number of aryl methyl sites for hydroxylation is 1. The molecule has 0 radical (unpaired) electrons. The molecule has 3 rings (SSSR count). The van der Waals surface area contributed by atoms with Gasteiger partial charge in [-0.1, -0.05) is 55.1 Å². The van der Waals surface area contributed by atoms with Gasteiger partial charge in [-0.25, -0.2) is 0 Å². The molecule has 1 aliphatic rings. The van der Waals surface area contributed by atoms with Crippen LogP contribution in [0.4, 0.5) is 11.4 Å². The number of nitrogens with zero attached hydrogens (tertiary/aromatic N) is 2. The minimum atomic E-state index is 0.772. The van der Waals surface area contributed by atoms with Crippen molar-refractivity contribution < 1.29 is 0 Å². The summed E-state index contributed by atoms with van der Waals surface area (Å²) in [7, 11) is 0. The Hall–Kier alpha value is -3.46. The molecule has 0 bridgehead atoms. The topological polar surface area (TPSA) is 50.7 Å². The lowest BCUT2D eigenvalue weighted by molar-refractivity contribution is 1.37. The Balaban J connectivity index is 1.83. The van der Waals surface area contributed by atoms with E-state index in [0.29, 0.717) is 0 Å². The van der Waals surface area contributed by atoms with Gasteiger partial charge in [0, 0.05) is 24.0 Å². The van der Waals surface area contributed by atoms with E-state index < -0.39 is 0 Å². The quantitative estimate of drug-likeness (QED) is 0.342. The van der Waals surface area contributed by atoms with E-state index >= 15 is 0 Å². The molecule has 0 spiro atoms. The van der Waals surface area contributed by atoms with Gasteiger partial charge >= 0.3 is 0 Å². The zero-order valence-corrected chi connectivity index (χ0v) is 17.3. The van der Waals surface area contributed by atoms with Gasteiger partial charge in [-0.05, 0) is 66.8 Å². The van der Waals surface area contributed by atoms with Crippen molar-refractivity contribution in [3.63, 3.8) is 0 Å². The van der Waals surface area contributed by atoms with Crippen LogP contribution in [0.25, 0.3) is 5.57 Å². The summed E-state index contributed by atoms with van der Waals surface area (Å²) >= 11 is 0. The Morgan fingerprint density at radius 3 is 2.55 bits per heavy atom. The SMILES string of the molecule is C=C/C=C\C(=C/C)C(C)=Nc1cc(C2=NC=C(c3ccc(N)cc3)C2)ccc1C. The smallest absolute Gasteiger partial charge is 0.0668 e. The van der Waals surface area contributed by atoms with Crippen molar-refractivity contribution in [3.05, 3.63) is 102 Å². The van der Waals surface area contributed by atoms with Crippen molar-refractivity contribution in [2.24, 2.45) is 9.98 Å². The number of hydrogen-bond donors (Lipinski definition) is 1. The van der Waals surface area contributed by atoms with E-state index in [2.05, 4.69) is 42.8 Å². The van der Waals surface area contributed by atoms with E-state index in [9.17, 15) is 0 Å². The Kier molecular flexibility index (Phi) is 6.40. The van der Waals surface area contributed by atoms with Crippen LogP contribution >= 0.6 is 0 Å². The van der Waals surface area contributed by atoms with Crippen molar-refractivity contribution in [1.29, 1.82) is 0 Å². The third-order valence-corrected chi connectivity index (χ3v) is 4.99. The van der Waals surface area contributed by atoms with Crippen molar-refractivity contribution >= 4 is 28.4 Å². The normalized spacial score (nSPS) is 14.9. The van der Waals surface area contributed by atoms with E-state index in [4.69, 9.17) is 10.7 Å². The van der Waals surface area contributed by atoms with Crippen LogP contribution < -0.4 is 5.73 Å². The number of anilines is 1. The molecule has 0 fully saturated rings. The average molecular weight is 382 g/mol. The highest BCUT2D eigenvalue weighted by molar-refractivity contribution is 6.10. The second-order valence-corrected chi connectivity index (χ2v) is 7.07. The van der Waals surface area contributed by atoms with Gasteiger partial charge in [0.15, 0.2) is 0 Å². The van der Waals surface area contributed by atoms with Crippen LogP contribution in [0.2, 0.25) is 0 Å².